The summed E-state index contributed by atoms with van der Waals surface area (Å²) in [6, 6.07) is -5.67. The van der Waals surface area contributed by atoms with Crippen molar-refractivity contribution in [2.24, 2.45) is 0 Å². The first-order valence-electron chi connectivity index (χ1n) is 22.1. The van der Waals surface area contributed by atoms with Crippen molar-refractivity contribution in [3.63, 3.8) is 0 Å². The molecule has 27 heteroatoms. The number of aliphatic carboxylic acids is 4. The molecular weight excluding hydrogens is 894 g/mol. The zero-order chi connectivity index (χ0) is 50.5. The Labute approximate surface area is 386 Å². The van der Waals surface area contributed by atoms with Gasteiger partial charge < -0.3 is 77.0 Å². The van der Waals surface area contributed by atoms with E-state index in [0.717, 1.165) is 14.7 Å². The molecule has 1 rings (SSSR count). The van der Waals surface area contributed by atoms with Crippen LogP contribution in [0, 0.1) is 0 Å². The summed E-state index contributed by atoms with van der Waals surface area (Å²) in [7, 11) is 0. The second kappa shape index (κ2) is 32.1. The van der Waals surface area contributed by atoms with E-state index < -0.39 is 97.0 Å². The van der Waals surface area contributed by atoms with Gasteiger partial charge in [-0.1, -0.05) is 12.8 Å². The Balaban J connectivity index is 2.38. The first-order chi connectivity index (χ1) is 31.6. The zero-order valence-electron chi connectivity index (χ0n) is 37.7. The lowest BCUT2D eigenvalue weighted by Gasteiger charge is -2.35. The molecular formula is C40H67N9O18. The smallest absolute Gasteiger partial charge is 0.407 e. The first kappa shape index (κ1) is 58.3. The minimum atomic E-state index is -1.53. The maximum Gasteiger partial charge on any atom is 0.407 e. The molecule has 0 aromatic carbocycles. The quantitative estimate of drug-likeness (QED) is 0.0465. The number of urea groups is 1. The van der Waals surface area contributed by atoms with E-state index in [9.17, 15) is 78.3 Å². The van der Waals surface area contributed by atoms with E-state index in [-0.39, 0.29) is 97.0 Å². The minimum absolute atomic E-state index is 0.0203. The Morgan fingerprint density at radius 1 is 0.463 bits per heavy atom. The summed E-state index contributed by atoms with van der Waals surface area (Å²) in [5.41, 5.74) is 0. The molecule has 0 saturated carbocycles. The fraction of sp³-hybridized carbons (Fsp3) is 0.725. The molecule has 1 heterocycles. The van der Waals surface area contributed by atoms with Crippen LogP contribution in [0.3, 0.4) is 0 Å². The van der Waals surface area contributed by atoms with Gasteiger partial charge in [0.25, 0.3) is 0 Å². The predicted molar refractivity (Wildman–Crippen MR) is 232 cm³/mol. The molecule has 12 N–H and O–H groups in total. The summed E-state index contributed by atoms with van der Waals surface area (Å²) in [5.74, 6) is -6.45. The van der Waals surface area contributed by atoms with E-state index in [4.69, 9.17) is 10.2 Å². The van der Waals surface area contributed by atoms with Gasteiger partial charge in [-0.3, -0.25) is 24.1 Å². The number of rotatable bonds is 28. The van der Waals surface area contributed by atoms with Crippen molar-refractivity contribution in [2.45, 2.75) is 121 Å². The van der Waals surface area contributed by atoms with E-state index in [0.29, 0.717) is 51.4 Å². The van der Waals surface area contributed by atoms with Gasteiger partial charge in [-0.05, 0) is 64.7 Å². The van der Waals surface area contributed by atoms with Crippen LogP contribution in [0.4, 0.5) is 19.2 Å². The average Bonchev–Trinajstić information content (AvgIpc) is 3.23. The van der Waals surface area contributed by atoms with Crippen LogP contribution in [0.5, 0.6) is 0 Å². The van der Waals surface area contributed by atoms with Crippen molar-refractivity contribution in [1.82, 2.24) is 46.2 Å². The molecule has 1 saturated heterocycles. The Kier molecular flexibility index (Phi) is 27.9. The second-order valence-corrected chi connectivity index (χ2v) is 16.0. The maximum absolute atomic E-state index is 12.9. The summed E-state index contributed by atoms with van der Waals surface area (Å²) >= 11 is 0. The maximum atomic E-state index is 12.9. The van der Waals surface area contributed by atoms with Crippen LogP contribution in [-0.2, 0) is 33.6 Å². The lowest BCUT2D eigenvalue weighted by Crippen LogP contribution is -2.53. The van der Waals surface area contributed by atoms with Crippen molar-refractivity contribution in [3.8, 4) is 0 Å². The van der Waals surface area contributed by atoms with Crippen molar-refractivity contribution in [3.05, 3.63) is 0 Å². The van der Waals surface area contributed by atoms with E-state index >= 15 is 0 Å². The normalized spacial score (nSPS) is 16.1. The van der Waals surface area contributed by atoms with Gasteiger partial charge in [-0.25, -0.2) is 33.6 Å². The summed E-state index contributed by atoms with van der Waals surface area (Å²) in [5, 5.41) is 77.9. The summed E-state index contributed by atoms with van der Waals surface area (Å²) in [4.78, 5) is 135. The van der Waals surface area contributed by atoms with E-state index in [1.54, 1.807) is 11.8 Å². The van der Waals surface area contributed by atoms with Crippen molar-refractivity contribution in [1.29, 1.82) is 0 Å². The second-order valence-electron chi connectivity index (χ2n) is 16.0. The third-order valence-electron chi connectivity index (χ3n) is 10.7. The largest absolute Gasteiger partial charge is 0.481 e. The highest BCUT2D eigenvalue weighted by Crippen LogP contribution is 2.10. The molecule has 0 aromatic heterocycles. The van der Waals surface area contributed by atoms with Crippen LogP contribution in [0.25, 0.3) is 0 Å². The van der Waals surface area contributed by atoms with Gasteiger partial charge in [0.2, 0.25) is 17.7 Å². The number of carbonyl (C=O) groups excluding carboxylic acids is 4. The molecule has 1 fully saturated rings. The summed E-state index contributed by atoms with van der Waals surface area (Å²) in [6.45, 7) is 1.10. The summed E-state index contributed by atoms with van der Waals surface area (Å²) in [6.07, 6.45) is -0.894. The van der Waals surface area contributed by atoms with Crippen LogP contribution in [0.1, 0.15) is 96.8 Å². The highest BCUT2D eigenvalue weighted by Gasteiger charge is 2.28. The first-order valence-corrected chi connectivity index (χ1v) is 22.1. The number of nitrogens with one attached hydrogen (secondary N) is 5. The molecule has 0 aliphatic carbocycles. The fourth-order valence-electron chi connectivity index (χ4n) is 6.81. The van der Waals surface area contributed by atoms with Crippen molar-refractivity contribution in [2.75, 3.05) is 65.4 Å². The topological polar surface area (TPSA) is 402 Å². The van der Waals surface area contributed by atoms with Gasteiger partial charge in [0.05, 0.1) is 6.54 Å². The predicted octanol–water partition coefficient (Wildman–Crippen LogP) is 0.184. The monoisotopic (exact) mass is 961 g/mol. The van der Waals surface area contributed by atoms with E-state index in [1.807, 2.05) is 5.32 Å². The lowest BCUT2D eigenvalue weighted by atomic mass is 10.1. The Bertz CT molecular complexity index is 1690. The SMILES string of the molecule is CC1CN(C(=O)O)CCN(C(=O)O)CCN(C(=O)O)CCN1CC(=O)NCCCCC(NC(=O)CCCCCCC(=O)NCCCCC(NC(=O)NC(CCC(=O)O)C(=O)O)C(=O)O)C(=O)O. The standard InChI is InChI=1S/C40H67N9O18/c1-26-24-49(40(66)67)23-21-47(39(64)65)19-18-46(38(62)63)20-22-48(26)25-32(52)42-17-9-6-10-27(34(55)56)43-31(51)13-5-3-2-4-12-30(50)41-16-8-7-11-28(35(57)58)44-37(61)45-29(36(59)60)14-15-33(53)54/h26-29H,2-25H2,1H3,(H,41,50)(H,42,52)(H,43,51)(H,53,54)(H,55,56)(H,57,58)(H,59,60)(H,62,63)(H,64,65)(H,66,67)(H2,44,45,61). The third kappa shape index (κ3) is 26.2. The summed E-state index contributed by atoms with van der Waals surface area (Å²) < 4.78 is 0. The molecule has 0 aromatic rings. The van der Waals surface area contributed by atoms with Gasteiger partial charge in [0.1, 0.15) is 18.1 Å². The molecule has 67 heavy (non-hydrogen) atoms. The molecule has 4 unspecified atom stereocenters. The van der Waals surface area contributed by atoms with Crippen LogP contribution in [0.2, 0.25) is 0 Å². The van der Waals surface area contributed by atoms with Crippen LogP contribution >= 0.6 is 0 Å². The Morgan fingerprint density at radius 3 is 1.34 bits per heavy atom. The van der Waals surface area contributed by atoms with Gasteiger partial charge in [0, 0.05) is 84.2 Å². The molecule has 0 bridgehead atoms. The van der Waals surface area contributed by atoms with Gasteiger partial charge >= 0.3 is 48.2 Å². The van der Waals surface area contributed by atoms with Crippen LogP contribution < -0.4 is 26.6 Å². The molecule has 0 spiro atoms. The van der Waals surface area contributed by atoms with Crippen LogP contribution in [-0.4, -0.2) is 211 Å². The molecule has 8 amide bonds. The van der Waals surface area contributed by atoms with Crippen LogP contribution in [0.15, 0.2) is 0 Å². The number of hydrogen-bond donors (Lipinski definition) is 12. The third-order valence-corrected chi connectivity index (χ3v) is 10.7. The molecule has 1 aliphatic rings. The van der Waals surface area contributed by atoms with Crippen molar-refractivity contribution >= 4 is 65.9 Å². The number of nitrogens with zero attached hydrogens (tertiary/aromatic N) is 4. The number of amides is 8. The minimum Gasteiger partial charge on any atom is -0.481 e. The molecule has 380 valence electrons. The Morgan fingerprint density at radius 2 is 0.881 bits per heavy atom. The molecule has 0 radical (unpaired) electrons. The number of carbonyl (C=O) groups is 11. The van der Waals surface area contributed by atoms with E-state index in [1.165, 1.54) is 0 Å². The highest BCUT2D eigenvalue weighted by molar-refractivity contribution is 5.86. The molecule has 4 atom stereocenters. The van der Waals surface area contributed by atoms with Gasteiger partial charge in [0.15, 0.2) is 0 Å². The van der Waals surface area contributed by atoms with E-state index in [2.05, 4.69) is 21.3 Å². The number of carboxylic acids is 4. The van der Waals surface area contributed by atoms with Gasteiger partial charge in [-0.2, -0.15) is 0 Å². The average molecular weight is 962 g/mol. The van der Waals surface area contributed by atoms with Crippen molar-refractivity contribution < 1.29 is 88.5 Å². The fourth-order valence-corrected chi connectivity index (χ4v) is 6.81. The molecule has 27 nitrogen and oxygen atoms in total. The number of unbranched alkanes of at least 4 members (excludes halogenated alkanes) is 5. The van der Waals surface area contributed by atoms with Gasteiger partial charge in [-0.15, -0.1) is 0 Å². The lowest BCUT2D eigenvalue weighted by molar-refractivity contribution is -0.142. The highest BCUT2D eigenvalue weighted by atomic mass is 16.4. The zero-order valence-corrected chi connectivity index (χ0v) is 37.7. The molecule has 1 aliphatic heterocycles. The number of hydrogen-bond acceptors (Lipinski definition) is 12. The number of carboxylic acid groups (broad SMARTS) is 7. The Hall–Kier alpha value is -6.67.